The molecule has 0 saturated heterocycles. The van der Waals surface area contributed by atoms with Gasteiger partial charge in [0.1, 0.15) is 16.5 Å². The Labute approximate surface area is 197 Å². The Bertz CT molecular complexity index is 1050. The predicted molar refractivity (Wildman–Crippen MR) is 126 cm³/mol. The maximum Gasteiger partial charge on any atom is 0.272 e. The molecule has 2 amide bonds. The van der Waals surface area contributed by atoms with Gasteiger partial charge in [-0.3, -0.25) is 20.4 Å². The number of nitrogens with one attached hydrogen (secondary N) is 2. The van der Waals surface area contributed by atoms with Crippen molar-refractivity contribution >= 4 is 23.6 Å². The van der Waals surface area contributed by atoms with Gasteiger partial charge in [-0.05, 0) is 49.7 Å². The van der Waals surface area contributed by atoms with Gasteiger partial charge < -0.3 is 9.26 Å². The Morgan fingerprint density at radius 1 is 1.06 bits per heavy atom. The van der Waals surface area contributed by atoms with Gasteiger partial charge in [-0.1, -0.05) is 43.1 Å². The number of aromatic nitrogens is 2. The molecule has 3 rings (SSSR count). The van der Waals surface area contributed by atoms with E-state index in [1.807, 2.05) is 13.0 Å². The van der Waals surface area contributed by atoms with Crippen molar-refractivity contribution in [2.75, 3.05) is 6.61 Å². The van der Waals surface area contributed by atoms with Gasteiger partial charge in [0, 0.05) is 23.6 Å². The smallest absolute Gasteiger partial charge is 0.272 e. The molecule has 9 heteroatoms. The first-order chi connectivity index (χ1) is 16.1. The average molecular weight is 469 g/mol. The number of hydrazine groups is 1. The van der Waals surface area contributed by atoms with Gasteiger partial charge >= 0.3 is 0 Å². The third-order valence-corrected chi connectivity index (χ3v) is 5.76. The molecule has 1 aromatic carbocycles. The van der Waals surface area contributed by atoms with E-state index < -0.39 is 11.8 Å². The number of hydrogen-bond donors (Lipinski definition) is 2. The summed E-state index contributed by atoms with van der Waals surface area (Å²) in [6, 6.07) is 12.0. The van der Waals surface area contributed by atoms with E-state index in [0.717, 1.165) is 24.3 Å². The summed E-state index contributed by atoms with van der Waals surface area (Å²) >= 11 is 1.36. The summed E-state index contributed by atoms with van der Waals surface area (Å²) in [6.45, 7) is 4.64. The fourth-order valence-electron chi connectivity index (χ4n) is 2.98. The van der Waals surface area contributed by atoms with Gasteiger partial charge in [-0.15, -0.1) is 0 Å². The normalized spacial score (nSPS) is 10.6. The zero-order valence-electron chi connectivity index (χ0n) is 18.8. The first-order valence-electron chi connectivity index (χ1n) is 10.9. The Morgan fingerprint density at radius 2 is 1.85 bits per heavy atom. The van der Waals surface area contributed by atoms with Gasteiger partial charge in [0.05, 0.1) is 17.9 Å². The maximum absolute atomic E-state index is 12.6. The molecule has 2 aromatic heterocycles. The first kappa shape index (κ1) is 24.3. The maximum atomic E-state index is 12.6. The van der Waals surface area contributed by atoms with Gasteiger partial charge in [-0.2, -0.15) is 0 Å². The highest BCUT2D eigenvalue weighted by Gasteiger charge is 2.15. The highest BCUT2D eigenvalue weighted by Crippen LogP contribution is 2.24. The lowest BCUT2D eigenvalue weighted by atomic mass is 10.2. The number of amides is 2. The number of ether oxygens (including phenoxy) is 1. The summed E-state index contributed by atoms with van der Waals surface area (Å²) in [5.41, 5.74) is 6.42. The minimum absolute atomic E-state index is 0.356. The summed E-state index contributed by atoms with van der Waals surface area (Å²) in [6.07, 6.45) is 6.15. The third kappa shape index (κ3) is 7.64. The molecular weight excluding hydrogens is 440 g/mol. The number of unbranched alkanes of at least 4 members (excludes halogenated alkanes) is 3. The number of hydrogen-bond acceptors (Lipinski definition) is 7. The molecule has 174 valence electrons. The summed E-state index contributed by atoms with van der Waals surface area (Å²) in [4.78, 5) is 29.3. The molecule has 0 bridgehead atoms. The van der Waals surface area contributed by atoms with Crippen LogP contribution in [0, 0.1) is 6.92 Å². The second kappa shape index (κ2) is 12.6. The fraction of sp³-hybridized carbons (Fsp3) is 0.333. The molecule has 0 saturated carbocycles. The quantitative estimate of drug-likeness (QED) is 0.239. The van der Waals surface area contributed by atoms with Crippen molar-refractivity contribution < 1.29 is 18.8 Å². The molecule has 8 nitrogen and oxygen atoms in total. The topological polar surface area (TPSA) is 106 Å². The van der Waals surface area contributed by atoms with Crippen LogP contribution in [0.5, 0.6) is 5.75 Å². The minimum Gasteiger partial charge on any atom is -0.494 e. The van der Waals surface area contributed by atoms with Crippen molar-refractivity contribution in [1.29, 1.82) is 0 Å². The Kier molecular flexibility index (Phi) is 9.31. The number of pyridine rings is 1. The van der Waals surface area contributed by atoms with Crippen molar-refractivity contribution in [2.24, 2.45) is 0 Å². The third-order valence-electron chi connectivity index (χ3n) is 4.72. The Hall–Kier alpha value is -3.33. The fourth-order valence-corrected chi connectivity index (χ4v) is 3.85. The van der Waals surface area contributed by atoms with E-state index in [1.165, 1.54) is 24.6 Å². The summed E-state index contributed by atoms with van der Waals surface area (Å²) in [5.74, 6) is 1.07. The SMILES string of the molecule is CCCCCCOc1ccc(C(=O)NNC(=O)c2cccnc2SCc2cc(C)on2)cc1. The van der Waals surface area contributed by atoms with Crippen LogP contribution >= 0.6 is 11.8 Å². The van der Waals surface area contributed by atoms with E-state index in [4.69, 9.17) is 9.26 Å². The van der Waals surface area contributed by atoms with Crippen LogP contribution < -0.4 is 15.6 Å². The zero-order chi connectivity index (χ0) is 23.5. The molecule has 0 spiro atoms. The van der Waals surface area contributed by atoms with Gasteiger partial charge in [0.25, 0.3) is 11.8 Å². The lowest BCUT2D eigenvalue weighted by molar-refractivity contribution is 0.0844. The van der Waals surface area contributed by atoms with E-state index in [0.29, 0.717) is 34.3 Å². The molecular formula is C24H28N4O4S. The van der Waals surface area contributed by atoms with Crippen LogP contribution in [-0.4, -0.2) is 28.6 Å². The monoisotopic (exact) mass is 468 g/mol. The predicted octanol–water partition coefficient (Wildman–Crippen LogP) is 4.70. The molecule has 0 atom stereocenters. The van der Waals surface area contributed by atoms with Crippen LogP contribution in [0.25, 0.3) is 0 Å². The van der Waals surface area contributed by atoms with Crippen LogP contribution in [0.2, 0.25) is 0 Å². The van der Waals surface area contributed by atoms with Crippen molar-refractivity contribution in [3.63, 3.8) is 0 Å². The number of aryl methyl sites for hydroxylation is 1. The lowest BCUT2D eigenvalue weighted by Crippen LogP contribution is -2.41. The molecule has 0 aliphatic heterocycles. The van der Waals surface area contributed by atoms with Crippen molar-refractivity contribution in [2.45, 2.75) is 50.3 Å². The second-order valence-electron chi connectivity index (χ2n) is 7.42. The molecule has 3 aromatic rings. The number of thioether (sulfide) groups is 1. The van der Waals surface area contributed by atoms with Crippen molar-refractivity contribution in [1.82, 2.24) is 21.0 Å². The molecule has 0 radical (unpaired) electrons. The Morgan fingerprint density at radius 3 is 2.58 bits per heavy atom. The highest BCUT2D eigenvalue weighted by molar-refractivity contribution is 7.98. The zero-order valence-corrected chi connectivity index (χ0v) is 19.6. The Balaban J connectivity index is 1.49. The summed E-state index contributed by atoms with van der Waals surface area (Å²) in [5, 5.41) is 4.48. The minimum atomic E-state index is -0.456. The average Bonchev–Trinajstić information content (AvgIpc) is 3.26. The van der Waals surface area contributed by atoms with Crippen LogP contribution in [0.4, 0.5) is 0 Å². The van der Waals surface area contributed by atoms with E-state index in [1.54, 1.807) is 42.6 Å². The number of benzene rings is 1. The number of rotatable bonds is 11. The van der Waals surface area contributed by atoms with E-state index in [9.17, 15) is 9.59 Å². The van der Waals surface area contributed by atoms with Gasteiger partial charge in [-0.25, -0.2) is 4.98 Å². The van der Waals surface area contributed by atoms with Crippen molar-refractivity contribution in [3.8, 4) is 5.75 Å². The van der Waals surface area contributed by atoms with Crippen LogP contribution in [0.1, 0.15) is 64.8 Å². The van der Waals surface area contributed by atoms with Crippen molar-refractivity contribution in [3.05, 3.63) is 71.2 Å². The highest BCUT2D eigenvalue weighted by atomic mass is 32.2. The molecule has 0 unspecified atom stereocenters. The molecule has 0 aliphatic carbocycles. The molecule has 0 aliphatic rings. The van der Waals surface area contributed by atoms with E-state index in [-0.39, 0.29) is 0 Å². The summed E-state index contributed by atoms with van der Waals surface area (Å²) < 4.78 is 10.8. The summed E-state index contributed by atoms with van der Waals surface area (Å²) in [7, 11) is 0. The lowest BCUT2D eigenvalue weighted by Gasteiger charge is -2.10. The van der Waals surface area contributed by atoms with Crippen LogP contribution in [-0.2, 0) is 5.75 Å². The number of nitrogens with zero attached hydrogens (tertiary/aromatic N) is 2. The first-order valence-corrected chi connectivity index (χ1v) is 11.9. The molecule has 2 heterocycles. The van der Waals surface area contributed by atoms with E-state index in [2.05, 4.69) is 27.9 Å². The van der Waals surface area contributed by atoms with Gasteiger partial charge in [0.2, 0.25) is 0 Å². The molecule has 2 N–H and O–H groups in total. The van der Waals surface area contributed by atoms with Gasteiger partial charge in [0.15, 0.2) is 0 Å². The second-order valence-corrected chi connectivity index (χ2v) is 8.38. The number of carbonyl (C=O) groups is 2. The molecule has 0 fully saturated rings. The van der Waals surface area contributed by atoms with E-state index >= 15 is 0 Å². The molecule has 33 heavy (non-hydrogen) atoms. The number of carbonyl (C=O) groups excluding carboxylic acids is 2. The standard InChI is InChI=1S/C24H28N4O4S/c1-3-4-5-6-14-31-20-11-9-18(10-12-20)22(29)26-27-23(30)21-8-7-13-25-24(21)33-16-19-15-17(2)32-28-19/h7-13,15H,3-6,14,16H2,1-2H3,(H,26,29)(H,27,30). The van der Waals surface area contributed by atoms with Crippen LogP contribution in [0.15, 0.2) is 58.2 Å². The largest absolute Gasteiger partial charge is 0.494 e. The van der Waals surface area contributed by atoms with Crippen LogP contribution in [0.3, 0.4) is 0 Å².